The van der Waals surface area contributed by atoms with Gasteiger partial charge in [0.2, 0.25) is 10.0 Å². The van der Waals surface area contributed by atoms with Crippen LogP contribution in [0.3, 0.4) is 0 Å². The van der Waals surface area contributed by atoms with Crippen LogP contribution in [0.1, 0.15) is 42.1 Å². The number of benzene rings is 1. The molecule has 1 aliphatic heterocycles. The highest BCUT2D eigenvalue weighted by Crippen LogP contribution is 2.23. The van der Waals surface area contributed by atoms with E-state index in [4.69, 9.17) is 0 Å². The number of rotatable bonds is 5. The van der Waals surface area contributed by atoms with Crippen LogP contribution in [0.5, 0.6) is 0 Å². The number of carbonyl (C=O) groups excluding carboxylic acids is 1. The highest BCUT2D eigenvalue weighted by molar-refractivity contribution is 7.89. The zero-order valence-electron chi connectivity index (χ0n) is 14.1. The van der Waals surface area contributed by atoms with Crippen molar-refractivity contribution >= 4 is 15.9 Å². The molecule has 1 saturated carbocycles. The molecule has 1 aromatic rings. The van der Waals surface area contributed by atoms with Crippen LogP contribution in [0.15, 0.2) is 23.1 Å². The third-order valence-electron chi connectivity index (χ3n) is 4.81. The monoisotopic (exact) mass is 351 g/mol. The molecular weight excluding hydrogens is 326 g/mol. The topological polar surface area (TPSA) is 87.3 Å². The smallest absolute Gasteiger partial charge is 0.251 e. The minimum atomic E-state index is -3.56. The summed E-state index contributed by atoms with van der Waals surface area (Å²) in [5, 5.41) is 6.32. The van der Waals surface area contributed by atoms with E-state index >= 15 is 0 Å². The predicted octanol–water partition coefficient (Wildman–Crippen LogP) is 1.16. The molecule has 24 heavy (non-hydrogen) atoms. The van der Waals surface area contributed by atoms with Crippen LogP contribution in [0, 0.1) is 12.8 Å². The Kier molecular flexibility index (Phi) is 4.94. The van der Waals surface area contributed by atoms with Gasteiger partial charge in [-0.2, -0.15) is 0 Å². The van der Waals surface area contributed by atoms with E-state index in [-0.39, 0.29) is 22.9 Å². The molecule has 0 aromatic heterocycles. The highest BCUT2D eigenvalue weighted by atomic mass is 32.2. The molecule has 2 aliphatic rings. The lowest BCUT2D eigenvalue weighted by Crippen LogP contribution is -2.50. The van der Waals surface area contributed by atoms with Crippen LogP contribution in [0.25, 0.3) is 0 Å². The molecule has 0 radical (unpaired) electrons. The molecule has 2 fully saturated rings. The van der Waals surface area contributed by atoms with Crippen molar-refractivity contribution in [3.8, 4) is 0 Å². The van der Waals surface area contributed by atoms with Crippen LogP contribution in [-0.4, -0.2) is 39.5 Å². The largest absolute Gasteiger partial charge is 0.348 e. The molecular formula is C17H25N3O3S. The van der Waals surface area contributed by atoms with Gasteiger partial charge < -0.3 is 10.6 Å². The second-order valence-corrected chi connectivity index (χ2v) is 8.64. The maximum Gasteiger partial charge on any atom is 0.251 e. The van der Waals surface area contributed by atoms with Crippen LogP contribution < -0.4 is 15.4 Å². The molecule has 1 amide bonds. The van der Waals surface area contributed by atoms with E-state index in [1.807, 2.05) is 6.92 Å². The Morgan fingerprint density at radius 3 is 2.67 bits per heavy atom. The summed E-state index contributed by atoms with van der Waals surface area (Å²) in [6, 6.07) is 4.84. The molecule has 2 atom stereocenters. The third kappa shape index (κ3) is 3.96. The molecule has 3 N–H and O–H groups in total. The number of hydrogen-bond donors (Lipinski definition) is 3. The van der Waals surface area contributed by atoms with Gasteiger partial charge in [-0.15, -0.1) is 0 Å². The molecule has 132 valence electrons. The number of sulfonamides is 1. The Labute approximate surface area is 143 Å². The van der Waals surface area contributed by atoms with Crippen LogP contribution in [0.4, 0.5) is 0 Å². The zero-order valence-corrected chi connectivity index (χ0v) is 14.9. The maximum absolute atomic E-state index is 12.6. The molecule has 1 aliphatic carbocycles. The van der Waals surface area contributed by atoms with Gasteiger partial charge in [0.15, 0.2) is 0 Å². The van der Waals surface area contributed by atoms with Crippen molar-refractivity contribution in [2.75, 3.05) is 13.1 Å². The van der Waals surface area contributed by atoms with Crippen molar-refractivity contribution in [3.63, 3.8) is 0 Å². The van der Waals surface area contributed by atoms with Gasteiger partial charge in [0, 0.05) is 24.2 Å². The molecule has 6 nitrogen and oxygen atoms in total. The Morgan fingerprint density at radius 1 is 1.25 bits per heavy atom. The lowest BCUT2D eigenvalue weighted by atomic mass is 9.94. The van der Waals surface area contributed by atoms with E-state index in [0.717, 1.165) is 37.9 Å². The van der Waals surface area contributed by atoms with Gasteiger partial charge in [0.25, 0.3) is 5.91 Å². The standard InChI is InChI=1S/C17H25N3O3S/c1-11-3-6-14(24(22,23)20-13-4-5-13)9-15(11)17(21)19-16-10-18-8-7-12(16)2/h3,6,9,12-13,16,18,20H,4-5,7-8,10H2,1-2H3,(H,19,21). The Morgan fingerprint density at radius 2 is 2.00 bits per heavy atom. The molecule has 7 heteroatoms. The minimum Gasteiger partial charge on any atom is -0.348 e. The number of nitrogens with one attached hydrogen (secondary N) is 3. The van der Waals surface area contributed by atoms with Gasteiger partial charge in [-0.05, 0) is 56.3 Å². The molecule has 0 bridgehead atoms. The normalized spacial score (nSPS) is 24.6. The van der Waals surface area contributed by atoms with Gasteiger partial charge in [0.1, 0.15) is 0 Å². The average Bonchev–Trinajstić information content (AvgIpc) is 3.33. The van der Waals surface area contributed by atoms with E-state index in [9.17, 15) is 13.2 Å². The first kappa shape index (κ1) is 17.4. The molecule has 1 aromatic carbocycles. The van der Waals surface area contributed by atoms with Gasteiger partial charge in [0.05, 0.1) is 4.90 Å². The van der Waals surface area contributed by atoms with Crippen molar-refractivity contribution in [1.29, 1.82) is 0 Å². The number of aryl methyl sites for hydroxylation is 1. The lowest BCUT2D eigenvalue weighted by molar-refractivity contribution is 0.0914. The highest BCUT2D eigenvalue weighted by Gasteiger charge is 2.29. The Hall–Kier alpha value is -1.44. The summed E-state index contributed by atoms with van der Waals surface area (Å²) in [5.74, 6) is 0.190. The Bertz CT molecular complexity index is 729. The third-order valence-corrected chi connectivity index (χ3v) is 6.33. The molecule has 0 spiro atoms. The van der Waals surface area contributed by atoms with Crippen molar-refractivity contribution in [3.05, 3.63) is 29.3 Å². The summed E-state index contributed by atoms with van der Waals surface area (Å²) in [6.07, 6.45) is 2.78. The van der Waals surface area contributed by atoms with Crippen LogP contribution >= 0.6 is 0 Å². The van der Waals surface area contributed by atoms with Crippen molar-refractivity contribution in [2.45, 2.75) is 50.1 Å². The van der Waals surface area contributed by atoms with Gasteiger partial charge in [-0.1, -0.05) is 13.0 Å². The SMILES string of the molecule is Cc1ccc(S(=O)(=O)NC2CC2)cc1C(=O)NC1CNCCC1C. The van der Waals surface area contributed by atoms with E-state index in [2.05, 4.69) is 22.3 Å². The fourth-order valence-corrected chi connectivity index (χ4v) is 4.26. The zero-order chi connectivity index (χ0) is 17.3. The molecule has 1 heterocycles. The van der Waals surface area contributed by atoms with Crippen LogP contribution in [0.2, 0.25) is 0 Å². The predicted molar refractivity (Wildman–Crippen MR) is 92.4 cm³/mol. The lowest BCUT2D eigenvalue weighted by Gasteiger charge is -2.30. The summed E-state index contributed by atoms with van der Waals surface area (Å²) in [6.45, 7) is 5.65. The summed E-state index contributed by atoms with van der Waals surface area (Å²) in [4.78, 5) is 12.8. The molecule has 1 saturated heterocycles. The first-order valence-electron chi connectivity index (χ1n) is 8.51. The first-order chi connectivity index (χ1) is 11.4. The number of carbonyl (C=O) groups is 1. The van der Waals surface area contributed by atoms with Gasteiger partial charge in [-0.3, -0.25) is 4.79 Å². The number of amides is 1. The van der Waals surface area contributed by atoms with E-state index in [1.54, 1.807) is 12.1 Å². The van der Waals surface area contributed by atoms with Crippen molar-refractivity contribution < 1.29 is 13.2 Å². The van der Waals surface area contributed by atoms with Gasteiger partial charge in [-0.25, -0.2) is 13.1 Å². The minimum absolute atomic E-state index is 0.0442. The summed E-state index contributed by atoms with van der Waals surface area (Å²) in [5.41, 5.74) is 1.20. The van der Waals surface area contributed by atoms with Gasteiger partial charge >= 0.3 is 0 Å². The second-order valence-electron chi connectivity index (χ2n) is 6.92. The first-order valence-corrected chi connectivity index (χ1v) is 10.00. The van der Waals surface area contributed by atoms with E-state index < -0.39 is 10.0 Å². The number of hydrogen-bond acceptors (Lipinski definition) is 4. The fraction of sp³-hybridized carbons (Fsp3) is 0.588. The van der Waals surface area contributed by atoms with Crippen molar-refractivity contribution in [1.82, 2.24) is 15.4 Å². The average molecular weight is 351 g/mol. The molecule has 3 rings (SSSR count). The van der Waals surface area contributed by atoms with Crippen LogP contribution in [-0.2, 0) is 10.0 Å². The maximum atomic E-state index is 12.6. The second kappa shape index (κ2) is 6.82. The summed E-state index contributed by atoms with van der Waals surface area (Å²) in [7, 11) is -3.56. The summed E-state index contributed by atoms with van der Waals surface area (Å²) < 4.78 is 27.4. The Balaban J connectivity index is 1.79. The van der Waals surface area contributed by atoms with E-state index in [1.165, 1.54) is 6.07 Å². The quantitative estimate of drug-likeness (QED) is 0.743. The van der Waals surface area contributed by atoms with Crippen molar-refractivity contribution in [2.24, 2.45) is 5.92 Å². The van der Waals surface area contributed by atoms with E-state index in [0.29, 0.717) is 11.5 Å². The summed E-state index contributed by atoms with van der Waals surface area (Å²) >= 11 is 0. The number of piperidine rings is 1. The molecule has 2 unspecified atom stereocenters. The fourth-order valence-electron chi connectivity index (χ4n) is 2.93.